The SMILES string of the molecule is Cc1ccncc1CO[C@@H]1CCOC2(C1)CN(C(=O)C(C)C)C2. The van der Waals surface area contributed by atoms with E-state index in [9.17, 15) is 4.79 Å². The van der Waals surface area contributed by atoms with Crippen LogP contribution >= 0.6 is 0 Å². The van der Waals surface area contributed by atoms with Crippen LogP contribution in [0, 0.1) is 12.8 Å². The van der Waals surface area contributed by atoms with Crippen LogP contribution in [0.3, 0.4) is 0 Å². The van der Waals surface area contributed by atoms with Crippen molar-refractivity contribution >= 4 is 5.91 Å². The molecule has 1 aromatic heterocycles. The van der Waals surface area contributed by atoms with Gasteiger partial charge >= 0.3 is 0 Å². The standard InChI is InChI=1S/C18H26N2O3/c1-13(2)17(21)20-11-18(12-20)8-16(5-7-23-18)22-10-15-9-19-6-4-14(15)3/h4,6,9,13,16H,5,7-8,10-12H2,1-3H3/t16-/m1/s1. The molecule has 0 aromatic carbocycles. The van der Waals surface area contributed by atoms with Crippen molar-refractivity contribution in [1.29, 1.82) is 0 Å². The molecule has 126 valence electrons. The molecule has 2 aliphatic rings. The molecule has 1 amide bonds. The minimum atomic E-state index is -0.183. The van der Waals surface area contributed by atoms with E-state index in [1.807, 2.05) is 31.0 Å². The Bertz CT molecular complexity index is 567. The van der Waals surface area contributed by atoms with Gasteiger partial charge in [-0.25, -0.2) is 0 Å². The summed E-state index contributed by atoms with van der Waals surface area (Å²) in [5.74, 6) is 0.268. The first-order valence-corrected chi connectivity index (χ1v) is 8.43. The zero-order valence-electron chi connectivity index (χ0n) is 14.2. The fourth-order valence-corrected chi connectivity index (χ4v) is 3.37. The molecular formula is C18H26N2O3. The molecule has 0 bridgehead atoms. The largest absolute Gasteiger partial charge is 0.373 e. The summed E-state index contributed by atoms with van der Waals surface area (Å²) in [7, 11) is 0. The molecule has 5 nitrogen and oxygen atoms in total. The van der Waals surface area contributed by atoms with Gasteiger partial charge in [0.05, 0.1) is 25.8 Å². The number of nitrogens with zero attached hydrogens (tertiary/aromatic N) is 2. The summed E-state index contributed by atoms with van der Waals surface area (Å²) in [6, 6.07) is 2.01. The molecule has 1 aromatic rings. The second kappa shape index (κ2) is 6.57. The fourth-order valence-electron chi connectivity index (χ4n) is 3.37. The third-order valence-electron chi connectivity index (χ3n) is 4.83. The Balaban J connectivity index is 1.52. The smallest absolute Gasteiger partial charge is 0.225 e. The molecule has 0 radical (unpaired) electrons. The highest BCUT2D eigenvalue weighted by molar-refractivity contribution is 5.79. The van der Waals surface area contributed by atoms with Crippen LogP contribution in [0.4, 0.5) is 0 Å². The average molecular weight is 318 g/mol. The van der Waals surface area contributed by atoms with E-state index in [4.69, 9.17) is 9.47 Å². The summed E-state index contributed by atoms with van der Waals surface area (Å²) in [4.78, 5) is 18.1. The molecule has 23 heavy (non-hydrogen) atoms. The molecule has 5 heteroatoms. The number of carbonyl (C=O) groups excluding carboxylic acids is 1. The summed E-state index contributed by atoms with van der Waals surface area (Å²) in [6.07, 6.45) is 5.65. The highest BCUT2D eigenvalue weighted by atomic mass is 16.5. The first-order chi connectivity index (χ1) is 11.0. The predicted molar refractivity (Wildman–Crippen MR) is 86.9 cm³/mol. The van der Waals surface area contributed by atoms with Crippen molar-refractivity contribution < 1.29 is 14.3 Å². The van der Waals surface area contributed by atoms with Gasteiger partial charge in [-0.15, -0.1) is 0 Å². The molecular weight excluding hydrogens is 292 g/mol. The van der Waals surface area contributed by atoms with E-state index < -0.39 is 0 Å². The number of pyridine rings is 1. The van der Waals surface area contributed by atoms with Crippen LogP contribution in [0.1, 0.15) is 37.8 Å². The number of aryl methyl sites for hydroxylation is 1. The zero-order valence-corrected chi connectivity index (χ0v) is 14.2. The maximum absolute atomic E-state index is 12.0. The van der Waals surface area contributed by atoms with Crippen molar-refractivity contribution in [3.8, 4) is 0 Å². The monoisotopic (exact) mass is 318 g/mol. The number of hydrogen-bond donors (Lipinski definition) is 0. The topological polar surface area (TPSA) is 51.7 Å². The maximum atomic E-state index is 12.0. The molecule has 1 atom stereocenters. The second-order valence-corrected chi connectivity index (χ2v) is 7.11. The van der Waals surface area contributed by atoms with Crippen molar-refractivity contribution in [1.82, 2.24) is 9.88 Å². The van der Waals surface area contributed by atoms with Crippen LogP contribution in [-0.2, 0) is 20.9 Å². The van der Waals surface area contributed by atoms with Gasteiger partial charge < -0.3 is 14.4 Å². The Labute approximate surface area is 138 Å². The van der Waals surface area contributed by atoms with E-state index in [0.29, 0.717) is 26.3 Å². The lowest BCUT2D eigenvalue weighted by molar-refractivity contribution is -0.204. The van der Waals surface area contributed by atoms with E-state index in [-0.39, 0.29) is 23.5 Å². The van der Waals surface area contributed by atoms with Crippen LogP contribution in [-0.4, -0.2) is 47.2 Å². The summed E-state index contributed by atoms with van der Waals surface area (Å²) in [5, 5.41) is 0. The minimum absolute atomic E-state index is 0.0524. The molecule has 2 aliphatic heterocycles. The van der Waals surface area contributed by atoms with Crippen molar-refractivity contribution in [2.45, 2.75) is 51.9 Å². The van der Waals surface area contributed by atoms with E-state index in [2.05, 4.69) is 11.9 Å². The Hall–Kier alpha value is -1.46. The lowest BCUT2D eigenvalue weighted by Crippen LogP contribution is -2.67. The second-order valence-electron chi connectivity index (χ2n) is 7.11. The molecule has 0 aliphatic carbocycles. The van der Waals surface area contributed by atoms with Gasteiger partial charge in [0.2, 0.25) is 5.91 Å². The third kappa shape index (κ3) is 3.56. The first-order valence-electron chi connectivity index (χ1n) is 8.43. The molecule has 0 N–H and O–H groups in total. The number of aromatic nitrogens is 1. The molecule has 2 saturated heterocycles. The third-order valence-corrected chi connectivity index (χ3v) is 4.83. The molecule has 1 spiro atoms. The summed E-state index contributed by atoms with van der Waals surface area (Å²) >= 11 is 0. The Kier molecular flexibility index (Phi) is 4.69. The quantitative estimate of drug-likeness (QED) is 0.855. The van der Waals surface area contributed by atoms with E-state index >= 15 is 0 Å². The predicted octanol–water partition coefficient (Wildman–Crippen LogP) is 2.32. The number of likely N-dealkylation sites (tertiary alicyclic amines) is 1. The Morgan fingerprint density at radius 1 is 1.52 bits per heavy atom. The number of rotatable bonds is 4. The van der Waals surface area contributed by atoms with E-state index in [1.165, 1.54) is 5.56 Å². The van der Waals surface area contributed by atoms with Gasteiger partial charge in [0.1, 0.15) is 5.60 Å². The Morgan fingerprint density at radius 2 is 2.30 bits per heavy atom. The molecule has 0 unspecified atom stereocenters. The van der Waals surface area contributed by atoms with Gasteiger partial charge in [0, 0.05) is 31.3 Å². The van der Waals surface area contributed by atoms with Gasteiger partial charge in [0.25, 0.3) is 0 Å². The van der Waals surface area contributed by atoms with Crippen molar-refractivity contribution in [2.75, 3.05) is 19.7 Å². The van der Waals surface area contributed by atoms with Crippen LogP contribution in [0.15, 0.2) is 18.5 Å². The fraction of sp³-hybridized carbons (Fsp3) is 0.667. The summed E-state index contributed by atoms with van der Waals surface area (Å²) < 4.78 is 12.1. The molecule has 3 rings (SSSR count). The van der Waals surface area contributed by atoms with Gasteiger partial charge in [-0.3, -0.25) is 9.78 Å². The van der Waals surface area contributed by atoms with Crippen LogP contribution in [0.5, 0.6) is 0 Å². The molecule has 0 saturated carbocycles. The average Bonchev–Trinajstić information content (AvgIpc) is 2.51. The highest BCUT2D eigenvalue weighted by Gasteiger charge is 2.49. The highest BCUT2D eigenvalue weighted by Crippen LogP contribution is 2.36. The van der Waals surface area contributed by atoms with Crippen molar-refractivity contribution in [3.63, 3.8) is 0 Å². The van der Waals surface area contributed by atoms with Crippen LogP contribution < -0.4 is 0 Å². The van der Waals surface area contributed by atoms with E-state index in [1.54, 1.807) is 6.20 Å². The zero-order chi connectivity index (χ0) is 16.4. The van der Waals surface area contributed by atoms with Gasteiger partial charge in [0.15, 0.2) is 0 Å². The maximum Gasteiger partial charge on any atom is 0.225 e. The number of ether oxygens (including phenoxy) is 2. The number of amides is 1. The lowest BCUT2D eigenvalue weighted by Gasteiger charge is -2.53. The normalized spacial score (nSPS) is 23.1. The van der Waals surface area contributed by atoms with E-state index in [0.717, 1.165) is 18.4 Å². The lowest BCUT2D eigenvalue weighted by atomic mass is 9.84. The molecule has 2 fully saturated rings. The van der Waals surface area contributed by atoms with Crippen molar-refractivity contribution in [2.24, 2.45) is 5.92 Å². The first kappa shape index (κ1) is 16.4. The summed E-state index contributed by atoms with van der Waals surface area (Å²) in [5.41, 5.74) is 2.16. The summed E-state index contributed by atoms with van der Waals surface area (Å²) in [6.45, 7) is 8.67. The number of carbonyl (C=O) groups is 1. The number of hydrogen-bond acceptors (Lipinski definition) is 4. The van der Waals surface area contributed by atoms with Gasteiger partial charge in [-0.05, 0) is 30.5 Å². The van der Waals surface area contributed by atoms with Crippen LogP contribution in [0.25, 0.3) is 0 Å². The minimum Gasteiger partial charge on any atom is -0.373 e. The Morgan fingerprint density at radius 3 is 3.00 bits per heavy atom. The van der Waals surface area contributed by atoms with Crippen molar-refractivity contribution in [3.05, 3.63) is 29.6 Å². The van der Waals surface area contributed by atoms with Gasteiger partial charge in [-0.2, -0.15) is 0 Å². The molecule has 3 heterocycles. The van der Waals surface area contributed by atoms with Crippen LogP contribution in [0.2, 0.25) is 0 Å². The van der Waals surface area contributed by atoms with Gasteiger partial charge in [-0.1, -0.05) is 13.8 Å².